The van der Waals surface area contributed by atoms with E-state index in [0.29, 0.717) is 30.4 Å². The third-order valence-corrected chi connectivity index (χ3v) is 4.30. The summed E-state index contributed by atoms with van der Waals surface area (Å²) < 4.78 is 38.2. The number of nitrogens with zero attached hydrogens (tertiary/aromatic N) is 4. The van der Waals surface area contributed by atoms with E-state index in [-0.39, 0.29) is 6.54 Å². The van der Waals surface area contributed by atoms with E-state index >= 15 is 0 Å². The standard InChI is InChI=1S/C13H20N4O6S/c1-9(23-24(20,21)22)6-4-5-7-17-12(18)10-11(14-8-15(10)2)16(3)13(17)19/h8-9H,4-7H2,1-3H3,(H,20,21,22). The molecule has 0 aliphatic carbocycles. The van der Waals surface area contributed by atoms with Gasteiger partial charge < -0.3 is 4.57 Å². The van der Waals surface area contributed by atoms with Crippen molar-refractivity contribution in [1.82, 2.24) is 18.7 Å². The highest BCUT2D eigenvalue weighted by molar-refractivity contribution is 7.80. The van der Waals surface area contributed by atoms with Crippen molar-refractivity contribution in [2.75, 3.05) is 0 Å². The molecule has 0 saturated heterocycles. The number of aromatic nitrogens is 4. The molecule has 0 bridgehead atoms. The molecular weight excluding hydrogens is 340 g/mol. The Labute approximate surface area is 138 Å². The van der Waals surface area contributed by atoms with E-state index in [0.717, 1.165) is 4.57 Å². The second kappa shape index (κ2) is 6.87. The Kier molecular flexibility index (Phi) is 5.26. The molecule has 1 unspecified atom stereocenters. The molecule has 0 saturated carbocycles. The summed E-state index contributed by atoms with van der Waals surface area (Å²) in [7, 11) is -1.24. The van der Waals surface area contributed by atoms with Gasteiger partial charge in [0.15, 0.2) is 11.2 Å². The van der Waals surface area contributed by atoms with E-state index in [1.54, 1.807) is 18.7 Å². The van der Waals surface area contributed by atoms with Gasteiger partial charge in [0, 0.05) is 20.6 Å². The van der Waals surface area contributed by atoms with Crippen LogP contribution in [0.5, 0.6) is 0 Å². The van der Waals surface area contributed by atoms with Crippen LogP contribution in [0.25, 0.3) is 11.2 Å². The number of rotatable bonds is 7. The molecule has 2 heterocycles. The first-order valence-corrected chi connectivity index (χ1v) is 8.75. The number of imidazole rings is 1. The Bertz CT molecular complexity index is 955. The topological polar surface area (TPSA) is 125 Å². The molecule has 0 aliphatic heterocycles. The fraction of sp³-hybridized carbons (Fsp3) is 0.615. The zero-order chi connectivity index (χ0) is 18.1. The summed E-state index contributed by atoms with van der Waals surface area (Å²) in [5.41, 5.74) is -0.178. The summed E-state index contributed by atoms with van der Waals surface area (Å²) in [5.74, 6) is 0. The van der Waals surface area contributed by atoms with Crippen LogP contribution in [0.15, 0.2) is 15.9 Å². The lowest BCUT2D eigenvalue weighted by Crippen LogP contribution is -2.39. The Morgan fingerprint density at radius 3 is 2.58 bits per heavy atom. The van der Waals surface area contributed by atoms with Gasteiger partial charge in [-0.25, -0.2) is 14.0 Å². The molecule has 24 heavy (non-hydrogen) atoms. The van der Waals surface area contributed by atoms with Crippen molar-refractivity contribution in [2.24, 2.45) is 14.1 Å². The maximum Gasteiger partial charge on any atom is 0.397 e. The van der Waals surface area contributed by atoms with Gasteiger partial charge in [0.25, 0.3) is 5.56 Å². The van der Waals surface area contributed by atoms with E-state index in [4.69, 9.17) is 4.55 Å². The van der Waals surface area contributed by atoms with Crippen LogP contribution in [0, 0.1) is 0 Å². The number of unbranched alkanes of at least 4 members (excludes halogenated alkanes) is 1. The van der Waals surface area contributed by atoms with Crippen LogP contribution >= 0.6 is 0 Å². The summed E-state index contributed by atoms with van der Waals surface area (Å²) in [5, 5.41) is 0. The molecule has 134 valence electrons. The van der Waals surface area contributed by atoms with Crippen molar-refractivity contribution >= 4 is 21.6 Å². The van der Waals surface area contributed by atoms with Gasteiger partial charge in [-0.3, -0.25) is 18.5 Å². The van der Waals surface area contributed by atoms with Gasteiger partial charge in [-0.05, 0) is 26.2 Å². The largest absolute Gasteiger partial charge is 0.397 e. The monoisotopic (exact) mass is 360 g/mol. The van der Waals surface area contributed by atoms with Crippen molar-refractivity contribution in [1.29, 1.82) is 0 Å². The molecule has 11 heteroatoms. The molecule has 0 radical (unpaired) electrons. The predicted octanol–water partition coefficient (Wildman–Crippen LogP) is -0.188. The summed E-state index contributed by atoms with van der Waals surface area (Å²) in [6, 6.07) is 0. The lowest BCUT2D eigenvalue weighted by Gasteiger charge is -2.11. The van der Waals surface area contributed by atoms with Gasteiger partial charge in [-0.2, -0.15) is 8.42 Å². The second-order valence-electron chi connectivity index (χ2n) is 5.66. The minimum atomic E-state index is -4.47. The van der Waals surface area contributed by atoms with Crippen molar-refractivity contribution in [3.63, 3.8) is 0 Å². The normalized spacial score (nSPS) is 13.5. The number of fused-ring (bicyclic) bond motifs is 1. The molecule has 2 aromatic rings. The van der Waals surface area contributed by atoms with Crippen LogP contribution in [0.3, 0.4) is 0 Å². The summed E-state index contributed by atoms with van der Waals surface area (Å²) in [4.78, 5) is 28.8. The molecule has 0 aromatic carbocycles. The van der Waals surface area contributed by atoms with E-state index < -0.39 is 27.8 Å². The van der Waals surface area contributed by atoms with Crippen molar-refractivity contribution in [3.8, 4) is 0 Å². The van der Waals surface area contributed by atoms with E-state index in [1.807, 2.05) is 0 Å². The third kappa shape index (κ3) is 3.91. The van der Waals surface area contributed by atoms with Gasteiger partial charge in [0.2, 0.25) is 0 Å². The molecule has 10 nitrogen and oxygen atoms in total. The number of hydrogen-bond acceptors (Lipinski definition) is 6. The zero-order valence-electron chi connectivity index (χ0n) is 13.7. The fourth-order valence-corrected chi connectivity index (χ4v) is 3.06. The highest BCUT2D eigenvalue weighted by atomic mass is 32.3. The fourth-order valence-electron chi connectivity index (χ4n) is 2.55. The van der Waals surface area contributed by atoms with E-state index in [2.05, 4.69) is 9.17 Å². The molecule has 1 atom stereocenters. The van der Waals surface area contributed by atoms with Crippen LogP contribution in [-0.4, -0.2) is 37.8 Å². The molecular formula is C13H20N4O6S. The first-order valence-electron chi connectivity index (χ1n) is 7.38. The average molecular weight is 360 g/mol. The Morgan fingerprint density at radius 1 is 1.29 bits per heavy atom. The van der Waals surface area contributed by atoms with Crippen LogP contribution < -0.4 is 11.2 Å². The molecule has 1 N–H and O–H groups in total. The maximum absolute atomic E-state index is 12.5. The Hall–Kier alpha value is -1.98. The maximum atomic E-state index is 12.5. The lowest BCUT2D eigenvalue weighted by molar-refractivity contribution is 0.185. The van der Waals surface area contributed by atoms with Crippen molar-refractivity contribution in [2.45, 2.75) is 38.8 Å². The van der Waals surface area contributed by atoms with Crippen LogP contribution in [-0.2, 0) is 35.2 Å². The van der Waals surface area contributed by atoms with Crippen LogP contribution in [0.4, 0.5) is 0 Å². The minimum Gasteiger partial charge on any atom is -0.328 e. The molecule has 0 spiro atoms. The molecule has 2 rings (SSSR count). The van der Waals surface area contributed by atoms with Gasteiger partial charge >= 0.3 is 16.1 Å². The SMILES string of the molecule is CC(CCCCn1c(=O)c2c(ncn2C)n(C)c1=O)OS(=O)(=O)O. The van der Waals surface area contributed by atoms with E-state index in [1.165, 1.54) is 17.8 Å². The lowest BCUT2D eigenvalue weighted by atomic mass is 10.2. The second-order valence-corrected chi connectivity index (χ2v) is 6.70. The first-order chi connectivity index (χ1) is 11.1. The molecule has 0 fully saturated rings. The highest BCUT2D eigenvalue weighted by Gasteiger charge is 2.15. The Morgan fingerprint density at radius 2 is 1.96 bits per heavy atom. The molecule has 0 aliphatic rings. The minimum absolute atomic E-state index is 0.200. The first kappa shape index (κ1) is 18.4. The van der Waals surface area contributed by atoms with Gasteiger partial charge in [0.05, 0.1) is 12.4 Å². The van der Waals surface area contributed by atoms with Crippen molar-refractivity contribution in [3.05, 3.63) is 27.2 Å². The van der Waals surface area contributed by atoms with Gasteiger partial charge in [-0.1, -0.05) is 0 Å². The summed E-state index contributed by atoms with van der Waals surface area (Å²) in [6.07, 6.45) is 2.17. The molecule has 0 amide bonds. The predicted molar refractivity (Wildman–Crippen MR) is 86.2 cm³/mol. The summed E-state index contributed by atoms with van der Waals surface area (Å²) >= 11 is 0. The Balaban J connectivity index is 2.10. The van der Waals surface area contributed by atoms with Gasteiger partial charge in [-0.15, -0.1) is 0 Å². The number of aryl methyl sites for hydroxylation is 2. The third-order valence-electron chi connectivity index (χ3n) is 3.73. The number of hydrogen-bond donors (Lipinski definition) is 1. The highest BCUT2D eigenvalue weighted by Crippen LogP contribution is 2.08. The van der Waals surface area contributed by atoms with E-state index in [9.17, 15) is 18.0 Å². The quantitative estimate of drug-likeness (QED) is 0.536. The van der Waals surface area contributed by atoms with Crippen LogP contribution in [0.1, 0.15) is 26.2 Å². The smallest absolute Gasteiger partial charge is 0.328 e. The molecule has 2 aromatic heterocycles. The van der Waals surface area contributed by atoms with Crippen molar-refractivity contribution < 1.29 is 17.2 Å². The summed E-state index contributed by atoms with van der Waals surface area (Å²) in [6.45, 7) is 1.71. The van der Waals surface area contributed by atoms with Gasteiger partial charge in [0.1, 0.15) is 0 Å². The van der Waals surface area contributed by atoms with Crippen LogP contribution in [0.2, 0.25) is 0 Å². The zero-order valence-corrected chi connectivity index (χ0v) is 14.5. The average Bonchev–Trinajstić information content (AvgIpc) is 2.84.